The zero-order valence-corrected chi connectivity index (χ0v) is 23.5. The van der Waals surface area contributed by atoms with Crippen LogP contribution >= 0.6 is 11.6 Å². The van der Waals surface area contributed by atoms with Crippen molar-refractivity contribution in [1.29, 1.82) is 0 Å². The van der Waals surface area contributed by atoms with Crippen molar-refractivity contribution in [3.8, 4) is 11.3 Å². The topological polar surface area (TPSA) is 73.4 Å². The van der Waals surface area contributed by atoms with E-state index in [0.29, 0.717) is 52.4 Å². The van der Waals surface area contributed by atoms with E-state index in [4.69, 9.17) is 16.6 Å². The molecule has 0 saturated carbocycles. The van der Waals surface area contributed by atoms with Crippen molar-refractivity contribution in [2.45, 2.75) is 25.3 Å². The first-order chi connectivity index (χ1) is 20.4. The van der Waals surface area contributed by atoms with Gasteiger partial charge in [-0.15, -0.1) is 0 Å². The first kappa shape index (κ1) is 26.8. The Morgan fingerprint density at radius 3 is 2.45 bits per heavy atom. The molecule has 1 aromatic heterocycles. The molecule has 0 radical (unpaired) electrons. The second-order valence-electron chi connectivity index (χ2n) is 11.1. The van der Waals surface area contributed by atoms with Crippen LogP contribution < -0.4 is 15.5 Å². The van der Waals surface area contributed by atoms with Crippen molar-refractivity contribution in [3.63, 3.8) is 0 Å². The molecule has 2 N–H and O–H groups in total. The van der Waals surface area contributed by atoms with Crippen molar-refractivity contribution in [2.75, 3.05) is 36.4 Å². The van der Waals surface area contributed by atoms with Crippen LogP contribution in [0.4, 0.5) is 31.8 Å². The number of amides is 1. The Labute approximate surface area is 247 Å². The Morgan fingerprint density at radius 1 is 0.976 bits per heavy atom. The van der Waals surface area contributed by atoms with Gasteiger partial charge in [0, 0.05) is 47.2 Å². The van der Waals surface area contributed by atoms with E-state index in [9.17, 15) is 13.6 Å². The van der Waals surface area contributed by atoms with Gasteiger partial charge < -0.3 is 20.4 Å². The van der Waals surface area contributed by atoms with E-state index >= 15 is 0 Å². The van der Waals surface area contributed by atoms with Crippen molar-refractivity contribution < 1.29 is 13.6 Å². The van der Waals surface area contributed by atoms with Gasteiger partial charge in [-0.3, -0.25) is 4.79 Å². The van der Waals surface area contributed by atoms with Gasteiger partial charge in [0.2, 0.25) is 5.95 Å². The second-order valence-corrected chi connectivity index (χ2v) is 11.6. The monoisotopic (exact) mass is 586 g/mol. The number of fused-ring (bicyclic) bond motifs is 6. The normalized spacial score (nSPS) is 20.8. The maximum absolute atomic E-state index is 14.8. The van der Waals surface area contributed by atoms with Crippen LogP contribution in [0, 0.1) is 17.6 Å². The molecule has 8 rings (SSSR count). The molecule has 1 unspecified atom stereocenters. The first-order valence-electron chi connectivity index (χ1n) is 14.2. The molecule has 7 nitrogen and oxygen atoms in total. The number of aromatic nitrogens is 2. The number of nitrogens with zero attached hydrogens (tertiary/aromatic N) is 4. The van der Waals surface area contributed by atoms with E-state index in [2.05, 4.69) is 20.5 Å². The van der Waals surface area contributed by atoms with Crippen molar-refractivity contribution >= 4 is 40.5 Å². The third-order valence-corrected chi connectivity index (χ3v) is 8.79. The quantitative estimate of drug-likeness (QED) is 0.284. The summed E-state index contributed by atoms with van der Waals surface area (Å²) in [6.07, 6.45) is 4.49. The van der Waals surface area contributed by atoms with Crippen molar-refractivity contribution in [1.82, 2.24) is 20.2 Å². The summed E-state index contributed by atoms with van der Waals surface area (Å²) in [5.74, 6) is -0.441. The molecule has 0 aliphatic carbocycles. The van der Waals surface area contributed by atoms with Crippen LogP contribution in [0.3, 0.4) is 0 Å². The molecule has 214 valence electrons. The Balaban J connectivity index is 1.13. The Kier molecular flexibility index (Phi) is 6.99. The Morgan fingerprint density at radius 2 is 1.74 bits per heavy atom. The van der Waals surface area contributed by atoms with Gasteiger partial charge in [-0.2, -0.15) is 0 Å². The standard InChI is InChI=1S/C32H29ClF2N6O/c33-22-6-9-24-28(16-22)41(30-25(34)2-1-3-26(30)35)15-12-21-17-36-32(39-29(21)24)37-23-7-4-20(5-8-23)31(42)38-27-18-40-13-10-19(27)11-14-40/h1-9,16-17,19,27H,10-15,18H2,(H,38,42)(H,36,37,39). The summed E-state index contributed by atoms with van der Waals surface area (Å²) in [6.45, 7) is 3.50. The number of hydrogen-bond donors (Lipinski definition) is 2. The summed E-state index contributed by atoms with van der Waals surface area (Å²) in [5.41, 5.74) is 3.97. The summed E-state index contributed by atoms with van der Waals surface area (Å²) in [5, 5.41) is 6.90. The average Bonchev–Trinajstić information content (AvgIpc) is 3.14. The second kappa shape index (κ2) is 11.0. The zero-order valence-electron chi connectivity index (χ0n) is 22.8. The van der Waals surface area contributed by atoms with Gasteiger partial charge in [-0.25, -0.2) is 18.7 Å². The number of piperidine rings is 3. The largest absolute Gasteiger partial charge is 0.348 e. The summed E-state index contributed by atoms with van der Waals surface area (Å²) < 4.78 is 29.7. The summed E-state index contributed by atoms with van der Waals surface area (Å²) in [4.78, 5) is 26.3. The predicted molar refractivity (Wildman–Crippen MR) is 160 cm³/mol. The van der Waals surface area contributed by atoms with Crippen molar-refractivity contribution in [2.24, 2.45) is 5.92 Å². The van der Waals surface area contributed by atoms with Crippen LogP contribution in [0.5, 0.6) is 0 Å². The molecular formula is C32H29ClF2N6O. The zero-order chi connectivity index (χ0) is 28.8. The molecule has 4 aliphatic rings. The fourth-order valence-electron chi connectivity index (χ4n) is 6.36. The van der Waals surface area contributed by atoms with Crippen LogP contribution in [0.1, 0.15) is 28.8 Å². The summed E-state index contributed by atoms with van der Waals surface area (Å²) in [7, 11) is 0. The van der Waals surface area contributed by atoms with E-state index in [1.807, 2.05) is 18.2 Å². The van der Waals surface area contributed by atoms with Gasteiger partial charge in [0.15, 0.2) is 0 Å². The highest BCUT2D eigenvalue weighted by Gasteiger charge is 2.35. The maximum Gasteiger partial charge on any atom is 0.251 e. The predicted octanol–water partition coefficient (Wildman–Crippen LogP) is 6.34. The minimum absolute atomic E-state index is 0.0623. The van der Waals surface area contributed by atoms with Gasteiger partial charge >= 0.3 is 0 Å². The summed E-state index contributed by atoms with van der Waals surface area (Å²) >= 11 is 6.34. The number of para-hydroxylation sites is 1. The van der Waals surface area contributed by atoms with E-state index in [1.165, 1.54) is 18.2 Å². The van der Waals surface area contributed by atoms with Crippen LogP contribution in [-0.2, 0) is 6.42 Å². The highest BCUT2D eigenvalue weighted by molar-refractivity contribution is 6.31. The van der Waals surface area contributed by atoms with Gasteiger partial charge in [0.25, 0.3) is 5.91 Å². The Bertz CT molecular complexity index is 1640. The van der Waals surface area contributed by atoms with Gasteiger partial charge in [0.1, 0.15) is 17.3 Å². The van der Waals surface area contributed by atoms with E-state index in [-0.39, 0.29) is 17.6 Å². The number of halogens is 3. The molecule has 0 spiro atoms. The number of carbonyl (C=O) groups is 1. The molecule has 2 bridgehead atoms. The van der Waals surface area contributed by atoms with Gasteiger partial charge in [-0.05, 0) is 98.4 Å². The number of nitrogens with one attached hydrogen (secondary N) is 2. The number of anilines is 4. The molecule has 5 heterocycles. The number of rotatable bonds is 5. The fourth-order valence-corrected chi connectivity index (χ4v) is 6.52. The lowest BCUT2D eigenvalue weighted by Gasteiger charge is -2.44. The van der Waals surface area contributed by atoms with E-state index in [0.717, 1.165) is 43.7 Å². The molecule has 10 heteroatoms. The molecule has 4 aromatic rings. The highest BCUT2D eigenvalue weighted by Crippen LogP contribution is 2.42. The molecule has 1 amide bonds. The molecule has 3 saturated heterocycles. The lowest BCUT2D eigenvalue weighted by molar-refractivity contribution is 0.0620. The number of hydrogen-bond acceptors (Lipinski definition) is 6. The van der Waals surface area contributed by atoms with E-state index in [1.54, 1.807) is 35.4 Å². The third-order valence-electron chi connectivity index (χ3n) is 8.56. The SMILES string of the molecule is O=C(NC1CN2CCC1CC2)c1ccc(Nc2ncc3c(n2)-c2ccc(Cl)cc2N(c2c(F)cccc2F)CC3)cc1. The van der Waals surface area contributed by atoms with E-state index < -0.39 is 11.6 Å². The van der Waals surface area contributed by atoms with Gasteiger partial charge in [0.05, 0.1) is 11.4 Å². The fraction of sp³-hybridized carbons (Fsp3) is 0.281. The first-order valence-corrected chi connectivity index (χ1v) is 14.6. The van der Waals surface area contributed by atoms with Crippen LogP contribution in [0.2, 0.25) is 5.02 Å². The smallest absolute Gasteiger partial charge is 0.251 e. The maximum atomic E-state index is 14.8. The van der Waals surface area contributed by atoms with Crippen molar-refractivity contribution in [3.05, 3.63) is 94.6 Å². The molecule has 4 aliphatic heterocycles. The Hall–Kier alpha value is -4.08. The van der Waals surface area contributed by atoms with Gasteiger partial charge in [-0.1, -0.05) is 17.7 Å². The minimum atomic E-state index is -0.652. The lowest BCUT2D eigenvalue weighted by Crippen LogP contribution is -2.57. The summed E-state index contributed by atoms with van der Waals surface area (Å²) in [6, 6.07) is 16.5. The average molecular weight is 587 g/mol. The van der Waals surface area contributed by atoms with Crippen LogP contribution in [0.15, 0.2) is 66.9 Å². The molecule has 3 fully saturated rings. The lowest BCUT2D eigenvalue weighted by atomic mass is 9.84. The molecule has 1 atom stereocenters. The van der Waals surface area contributed by atoms with Crippen LogP contribution in [-0.4, -0.2) is 53.0 Å². The number of carbonyl (C=O) groups excluding carboxylic acids is 1. The van der Waals surface area contributed by atoms with Crippen LogP contribution in [0.25, 0.3) is 11.3 Å². The molecule has 42 heavy (non-hydrogen) atoms. The molecular weight excluding hydrogens is 558 g/mol. The molecule has 3 aromatic carbocycles. The third kappa shape index (κ3) is 5.07. The highest BCUT2D eigenvalue weighted by atomic mass is 35.5. The minimum Gasteiger partial charge on any atom is -0.348 e. The number of benzene rings is 3.